The number of benzene rings is 8. The molecule has 0 aliphatic carbocycles. The first-order valence-corrected chi connectivity index (χ1v) is 20.4. The fraction of sp³-hybridized carbons (Fsp3) is 0.0377. The van der Waals surface area contributed by atoms with E-state index in [1.807, 2.05) is 11.3 Å². The van der Waals surface area contributed by atoms with Crippen LogP contribution in [0, 0.1) is 0 Å². The van der Waals surface area contributed by atoms with Gasteiger partial charge in [-0.1, -0.05) is 152 Å². The third kappa shape index (κ3) is 5.15. The van der Waals surface area contributed by atoms with Crippen molar-refractivity contribution >= 4 is 86.3 Å². The number of aryl methyl sites for hydroxylation is 1. The lowest BCUT2D eigenvalue weighted by molar-refractivity contribution is 1.01. The number of aliphatic imine (C=N–C) groups is 1. The van der Waals surface area contributed by atoms with E-state index >= 15 is 0 Å². The molecule has 57 heavy (non-hydrogen) atoms. The van der Waals surface area contributed by atoms with Crippen LogP contribution in [0.25, 0.3) is 97.2 Å². The summed E-state index contributed by atoms with van der Waals surface area (Å²) in [5.41, 5.74) is 13.2. The monoisotopic (exact) mass is 743 g/mol. The zero-order valence-electron chi connectivity index (χ0n) is 30.9. The lowest BCUT2D eigenvalue weighted by Gasteiger charge is -2.18. The normalized spacial score (nSPS) is 12.9. The van der Waals surface area contributed by atoms with Crippen LogP contribution in [0.15, 0.2) is 181 Å². The third-order valence-corrected chi connectivity index (χ3v) is 13.0. The molecule has 11 aromatic rings. The number of aromatic nitrogens is 2. The molecule has 0 saturated carbocycles. The average molecular weight is 744 g/mol. The van der Waals surface area contributed by atoms with Crippen LogP contribution in [0.1, 0.15) is 17.5 Å². The number of hydrogen-bond acceptors (Lipinski definition) is 4. The minimum atomic E-state index is 0.932. The second kappa shape index (κ2) is 12.8. The number of para-hydroxylation sites is 1. The predicted octanol–water partition coefficient (Wildman–Crippen LogP) is 14.5. The molecule has 12 rings (SSSR count). The van der Waals surface area contributed by atoms with Gasteiger partial charge in [0.1, 0.15) is 0 Å². The summed E-state index contributed by atoms with van der Waals surface area (Å²) in [5.74, 6) is 0. The first-order valence-electron chi connectivity index (χ1n) is 19.6. The largest absolute Gasteiger partial charge is 0.250 e. The molecule has 0 amide bonds. The maximum absolute atomic E-state index is 5.37. The Hall–Kier alpha value is -7.01. The van der Waals surface area contributed by atoms with Gasteiger partial charge in [0.05, 0.1) is 28.1 Å². The molecule has 4 heteroatoms. The lowest BCUT2D eigenvalue weighted by Crippen LogP contribution is -2.08. The van der Waals surface area contributed by atoms with Gasteiger partial charge in [-0.15, -0.1) is 11.3 Å². The lowest BCUT2D eigenvalue weighted by atomic mass is 9.92. The van der Waals surface area contributed by atoms with Crippen LogP contribution in [-0.4, -0.2) is 15.7 Å². The minimum absolute atomic E-state index is 0.932. The summed E-state index contributed by atoms with van der Waals surface area (Å²) in [6.45, 7) is 0. The number of hydrogen-bond donors (Lipinski definition) is 0. The topological polar surface area (TPSA) is 38.1 Å². The number of pyridine rings is 2. The van der Waals surface area contributed by atoms with Crippen molar-refractivity contribution in [2.45, 2.75) is 12.8 Å². The van der Waals surface area contributed by atoms with Crippen molar-refractivity contribution in [3.05, 3.63) is 187 Å². The van der Waals surface area contributed by atoms with E-state index in [1.165, 1.54) is 69.4 Å². The maximum Gasteiger partial charge on any atom is 0.0968 e. The molecule has 3 nitrogen and oxygen atoms in total. The molecule has 1 aliphatic rings. The van der Waals surface area contributed by atoms with Crippen molar-refractivity contribution < 1.29 is 0 Å². The van der Waals surface area contributed by atoms with Gasteiger partial charge in [0.2, 0.25) is 0 Å². The van der Waals surface area contributed by atoms with E-state index < -0.39 is 0 Å². The van der Waals surface area contributed by atoms with Crippen molar-refractivity contribution in [3.8, 4) is 33.6 Å². The van der Waals surface area contributed by atoms with Crippen LogP contribution in [0.3, 0.4) is 0 Å². The highest BCUT2D eigenvalue weighted by Gasteiger charge is 2.20. The summed E-state index contributed by atoms with van der Waals surface area (Å²) in [4.78, 5) is 15.8. The van der Waals surface area contributed by atoms with Crippen LogP contribution in [0.2, 0.25) is 0 Å². The molecule has 0 spiro atoms. The Morgan fingerprint density at radius 2 is 1.16 bits per heavy atom. The summed E-state index contributed by atoms with van der Waals surface area (Å²) in [7, 11) is 0. The van der Waals surface area contributed by atoms with Gasteiger partial charge in [0.25, 0.3) is 0 Å². The van der Waals surface area contributed by atoms with E-state index in [2.05, 4.69) is 176 Å². The second-order valence-corrected chi connectivity index (χ2v) is 16.0. The Balaban J connectivity index is 1.01. The fourth-order valence-corrected chi connectivity index (χ4v) is 10.2. The van der Waals surface area contributed by atoms with Crippen molar-refractivity contribution in [1.29, 1.82) is 0 Å². The molecule has 4 heterocycles. The number of fused-ring (bicyclic) bond motifs is 11. The molecule has 3 aromatic heterocycles. The number of nitrogens with zero attached hydrogens (tertiary/aromatic N) is 3. The molecular formula is C53H33N3S. The van der Waals surface area contributed by atoms with Crippen LogP contribution in [-0.2, 0) is 6.42 Å². The molecule has 8 aromatic carbocycles. The molecule has 0 atom stereocenters. The van der Waals surface area contributed by atoms with Gasteiger partial charge < -0.3 is 0 Å². The molecule has 1 aliphatic heterocycles. The summed E-state index contributed by atoms with van der Waals surface area (Å²) >= 11 is 1.88. The van der Waals surface area contributed by atoms with E-state index in [0.29, 0.717) is 0 Å². The SMILES string of the molecule is c1ccc(C2=Nc3c(ccc4ccc(-c5ccc(-c6ccc7sc8c(ccc9c(-c%10ccccc%10)nc%10ccccc%10c98)c7c6)c6ccccc56)nc34)CC2)cc1. The molecule has 266 valence electrons. The smallest absolute Gasteiger partial charge is 0.0968 e. The van der Waals surface area contributed by atoms with Gasteiger partial charge in [-0.05, 0) is 70.1 Å². The molecule has 0 bridgehead atoms. The van der Waals surface area contributed by atoms with Gasteiger partial charge in [-0.3, -0.25) is 4.99 Å². The van der Waals surface area contributed by atoms with Crippen LogP contribution < -0.4 is 0 Å². The Kier molecular flexibility index (Phi) is 7.23. The van der Waals surface area contributed by atoms with Gasteiger partial charge in [-0.25, -0.2) is 9.97 Å². The predicted molar refractivity (Wildman–Crippen MR) is 242 cm³/mol. The van der Waals surface area contributed by atoms with Crippen molar-refractivity contribution in [2.24, 2.45) is 4.99 Å². The standard InChI is InChI=1S/C53H33N3S/c1-3-11-32(12-4-1)45-28-21-34-19-20-35-22-29-47(56-52(35)51(34)54-45)40-25-24-37(38-15-7-8-16-39(38)40)36-23-30-48-44(31-36)41-26-27-43-49(53(41)57-48)42-17-9-10-18-46(42)55-50(43)33-13-5-2-6-14-33/h1-20,22-27,29-31H,21,28H2. The van der Waals surface area contributed by atoms with Crippen LogP contribution >= 0.6 is 11.3 Å². The summed E-state index contributed by atoms with van der Waals surface area (Å²) < 4.78 is 2.59. The highest BCUT2D eigenvalue weighted by Crippen LogP contribution is 2.45. The third-order valence-electron chi connectivity index (χ3n) is 11.8. The molecular weight excluding hydrogens is 711 g/mol. The van der Waals surface area contributed by atoms with Gasteiger partial charge >= 0.3 is 0 Å². The molecule has 0 saturated heterocycles. The van der Waals surface area contributed by atoms with Gasteiger partial charge in [0, 0.05) is 58.6 Å². The van der Waals surface area contributed by atoms with E-state index in [0.717, 1.165) is 63.2 Å². The Morgan fingerprint density at radius 3 is 2.00 bits per heavy atom. The molecule has 0 radical (unpaired) electrons. The Labute approximate surface area is 333 Å². The average Bonchev–Trinajstić information content (AvgIpc) is 3.66. The number of thiophene rings is 1. The van der Waals surface area contributed by atoms with E-state index in [9.17, 15) is 0 Å². The highest BCUT2D eigenvalue weighted by atomic mass is 32.1. The molecule has 0 fully saturated rings. The van der Waals surface area contributed by atoms with Crippen LogP contribution in [0.4, 0.5) is 5.69 Å². The first kappa shape index (κ1) is 32.3. The number of rotatable bonds is 4. The first-order chi connectivity index (χ1) is 28.2. The Bertz CT molecular complexity index is 3460. The molecule has 0 unspecified atom stereocenters. The van der Waals surface area contributed by atoms with E-state index in [1.54, 1.807) is 0 Å². The van der Waals surface area contributed by atoms with E-state index in [4.69, 9.17) is 15.0 Å². The quantitative estimate of drug-likeness (QED) is 0.168. The fourth-order valence-electron chi connectivity index (χ4n) is 9.00. The van der Waals surface area contributed by atoms with E-state index in [-0.39, 0.29) is 0 Å². The summed E-state index contributed by atoms with van der Waals surface area (Å²) in [6.07, 6.45) is 1.90. The minimum Gasteiger partial charge on any atom is -0.250 e. The van der Waals surface area contributed by atoms with Crippen molar-refractivity contribution in [2.75, 3.05) is 0 Å². The van der Waals surface area contributed by atoms with Gasteiger partial charge in [-0.2, -0.15) is 0 Å². The summed E-state index contributed by atoms with van der Waals surface area (Å²) in [6, 6.07) is 63.4. The molecule has 0 N–H and O–H groups in total. The van der Waals surface area contributed by atoms with Crippen molar-refractivity contribution in [1.82, 2.24) is 9.97 Å². The Morgan fingerprint density at radius 1 is 0.456 bits per heavy atom. The second-order valence-electron chi connectivity index (χ2n) is 15.0. The zero-order valence-corrected chi connectivity index (χ0v) is 31.7. The maximum atomic E-state index is 5.37. The summed E-state index contributed by atoms with van der Waals surface area (Å²) in [5, 5.41) is 9.73. The highest BCUT2D eigenvalue weighted by molar-refractivity contribution is 7.26. The van der Waals surface area contributed by atoms with Crippen molar-refractivity contribution in [3.63, 3.8) is 0 Å². The van der Waals surface area contributed by atoms with Crippen LogP contribution in [0.5, 0.6) is 0 Å². The van der Waals surface area contributed by atoms with Gasteiger partial charge in [0.15, 0.2) is 0 Å². The zero-order chi connectivity index (χ0) is 37.5.